The summed E-state index contributed by atoms with van der Waals surface area (Å²) in [5.41, 5.74) is 4.16. The third-order valence-electron chi connectivity index (χ3n) is 8.34. The van der Waals surface area contributed by atoms with Crippen molar-refractivity contribution < 1.29 is 17.8 Å². The lowest BCUT2D eigenvalue weighted by atomic mass is 9.85. The average Bonchev–Trinajstić information content (AvgIpc) is 3.66. The maximum atomic E-state index is 9.37. The fourth-order valence-electron chi connectivity index (χ4n) is 6.28. The Kier molecular flexibility index (Phi) is 4.05. The monoisotopic (exact) mass is 611 g/mol. The number of hydrogen-bond acceptors (Lipinski definition) is 1. The van der Waals surface area contributed by atoms with Gasteiger partial charge in [-0.3, -0.25) is 4.57 Å². The molecule has 0 aliphatic heterocycles. The van der Waals surface area contributed by atoms with Gasteiger partial charge in [0.15, 0.2) is 0 Å². The van der Waals surface area contributed by atoms with Gasteiger partial charge in [0, 0.05) is 11.3 Å². The van der Waals surface area contributed by atoms with E-state index in [2.05, 4.69) is 0 Å². The van der Waals surface area contributed by atoms with Crippen molar-refractivity contribution in [2.24, 2.45) is 0 Å². The van der Waals surface area contributed by atoms with Crippen molar-refractivity contribution in [2.45, 2.75) is 0 Å². The van der Waals surface area contributed by atoms with E-state index in [1.165, 1.54) is 4.57 Å². The topological polar surface area (TPSA) is 17.8 Å². The summed E-state index contributed by atoms with van der Waals surface area (Å²) >= 11 is 0. The van der Waals surface area contributed by atoms with Gasteiger partial charge in [0.25, 0.3) is 0 Å². The van der Waals surface area contributed by atoms with E-state index in [1.54, 1.807) is 60.7 Å². The lowest BCUT2D eigenvalue weighted by Crippen LogP contribution is -1.97. The highest BCUT2D eigenvalue weighted by Crippen LogP contribution is 2.44. The minimum atomic E-state index is -0.551. The minimum Gasteiger partial charge on any atom is -0.292 e. The van der Waals surface area contributed by atoms with Crippen molar-refractivity contribution in [2.75, 3.05) is 0 Å². The van der Waals surface area contributed by atoms with Crippen molar-refractivity contribution in [3.05, 3.63) is 182 Å². The van der Waals surface area contributed by atoms with Crippen LogP contribution in [-0.2, 0) is 0 Å². The van der Waals surface area contributed by atoms with Crippen LogP contribution in [0.4, 0.5) is 0 Å². The van der Waals surface area contributed by atoms with E-state index in [-0.39, 0.29) is 56.3 Å². The molecule has 0 fully saturated rings. The van der Waals surface area contributed by atoms with Crippen LogP contribution in [-0.4, -0.2) is 9.55 Å². The maximum Gasteiger partial charge on any atom is 0.145 e. The molecule has 47 heavy (non-hydrogen) atoms. The molecule has 0 N–H and O–H groups in total. The Morgan fingerprint density at radius 3 is 1.62 bits per heavy atom. The highest BCUT2D eigenvalue weighted by molar-refractivity contribution is 6.21. The summed E-state index contributed by atoms with van der Waals surface area (Å²) in [4.78, 5) is 4.86. The number of imidazole rings is 1. The van der Waals surface area contributed by atoms with Crippen molar-refractivity contribution in [1.82, 2.24) is 9.55 Å². The number of aromatic nitrogens is 2. The average molecular weight is 612 g/mol. The van der Waals surface area contributed by atoms with E-state index in [0.717, 1.165) is 11.1 Å². The zero-order valence-corrected chi connectivity index (χ0v) is 24.7. The van der Waals surface area contributed by atoms with Gasteiger partial charge in [0.1, 0.15) is 5.82 Å². The SMILES string of the molecule is [2H]c1c([2H])c([2H])c(-n2c(-c3cccc(-c4c5c([2H])c([2H])c([2H])c([2H])c5c(-c5ccc(-c6ccccc6)cc5)c5c([2H])c([2H])c([2H])c([2H])c45)c3)nc3ccccc32)c([2H])c1[2H]. The maximum absolute atomic E-state index is 9.37. The van der Waals surface area contributed by atoms with Crippen molar-refractivity contribution in [3.8, 4) is 50.5 Å². The van der Waals surface area contributed by atoms with E-state index in [4.69, 9.17) is 17.3 Å². The summed E-state index contributed by atoms with van der Waals surface area (Å²) in [6, 6.07) is 24.4. The zero-order valence-electron chi connectivity index (χ0n) is 37.7. The predicted octanol–water partition coefficient (Wildman–Crippen LogP) is 12.0. The van der Waals surface area contributed by atoms with Crippen molar-refractivity contribution in [1.29, 1.82) is 0 Å². The molecule has 0 saturated carbocycles. The zero-order chi connectivity index (χ0) is 42.5. The van der Waals surface area contributed by atoms with E-state index >= 15 is 0 Å². The lowest BCUT2D eigenvalue weighted by molar-refractivity contribution is 1.10. The summed E-state index contributed by atoms with van der Waals surface area (Å²) in [6.07, 6.45) is 0. The van der Waals surface area contributed by atoms with E-state index in [1.807, 2.05) is 42.5 Å². The molecular formula is C45H30N2. The molecule has 0 radical (unpaired) electrons. The van der Waals surface area contributed by atoms with Crippen LogP contribution in [0.2, 0.25) is 0 Å². The van der Waals surface area contributed by atoms with Crippen LogP contribution in [0.3, 0.4) is 0 Å². The van der Waals surface area contributed by atoms with E-state index in [9.17, 15) is 5.48 Å². The predicted molar refractivity (Wildman–Crippen MR) is 198 cm³/mol. The minimum absolute atomic E-state index is 0.0388. The van der Waals surface area contributed by atoms with Gasteiger partial charge in [0.2, 0.25) is 0 Å². The van der Waals surface area contributed by atoms with Gasteiger partial charge in [-0.2, -0.15) is 0 Å². The van der Waals surface area contributed by atoms with Gasteiger partial charge in [-0.15, -0.1) is 0 Å². The Bertz CT molecular complexity index is 3180. The molecule has 9 rings (SSSR count). The molecule has 0 aliphatic rings. The van der Waals surface area contributed by atoms with Gasteiger partial charge < -0.3 is 0 Å². The number of benzene rings is 8. The Hall–Kier alpha value is -6.25. The number of para-hydroxylation sites is 3. The van der Waals surface area contributed by atoms with Crippen LogP contribution in [0.5, 0.6) is 0 Å². The molecule has 0 spiro atoms. The normalized spacial score (nSPS) is 15.3. The second-order valence-corrected chi connectivity index (χ2v) is 11.0. The molecule has 0 unspecified atom stereocenters. The highest BCUT2D eigenvalue weighted by Gasteiger charge is 2.19. The molecule has 0 saturated heterocycles. The summed E-state index contributed by atoms with van der Waals surface area (Å²) in [6.45, 7) is 0. The first-order valence-corrected chi connectivity index (χ1v) is 15.0. The summed E-state index contributed by atoms with van der Waals surface area (Å²) < 4.78 is 117. The third kappa shape index (κ3) is 4.62. The Morgan fingerprint density at radius 1 is 0.426 bits per heavy atom. The number of hydrogen-bond donors (Lipinski definition) is 0. The lowest BCUT2D eigenvalue weighted by Gasteiger charge is -2.18. The number of rotatable bonds is 5. The smallest absolute Gasteiger partial charge is 0.145 e. The first-order chi connectivity index (χ1) is 28.7. The second kappa shape index (κ2) is 11.3. The van der Waals surface area contributed by atoms with Gasteiger partial charge in [-0.05, 0) is 85.2 Å². The standard InChI is InChI=1S/C45H30N2/c1-3-14-31(15-4-1)32-26-28-33(29-27-32)43-37-20-7-9-22-39(37)44(40-23-10-8-21-38(40)43)34-16-13-17-35(30-34)45-46-41-24-11-12-25-42(41)47(45)36-18-5-2-6-19-36/h1-30H/i2D,5D,6D,7D,8D,9D,10D,18D,19D,20D,21D,22D,23D. The molecule has 8 aromatic carbocycles. The second-order valence-electron chi connectivity index (χ2n) is 11.0. The fraction of sp³-hybridized carbons (Fsp3) is 0. The number of fused-ring (bicyclic) bond motifs is 3. The van der Waals surface area contributed by atoms with Gasteiger partial charge in [0.05, 0.1) is 28.9 Å². The highest BCUT2D eigenvalue weighted by atomic mass is 15.1. The van der Waals surface area contributed by atoms with Crippen LogP contribution < -0.4 is 0 Å². The van der Waals surface area contributed by atoms with Gasteiger partial charge in [-0.25, -0.2) is 4.98 Å². The molecular weight excluding hydrogens is 569 g/mol. The third-order valence-corrected chi connectivity index (χ3v) is 8.34. The molecule has 220 valence electrons. The fourth-order valence-corrected chi connectivity index (χ4v) is 6.28. The molecule has 2 nitrogen and oxygen atoms in total. The molecule has 0 atom stereocenters. The van der Waals surface area contributed by atoms with Gasteiger partial charge >= 0.3 is 0 Å². The Labute approximate surface area is 292 Å². The molecule has 9 aromatic rings. The quantitative estimate of drug-likeness (QED) is 0.177. The largest absolute Gasteiger partial charge is 0.292 e. The molecule has 0 aliphatic carbocycles. The molecule has 0 amide bonds. The summed E-state index contributed by atoms with van der Waals surface area (Å²) in [5, 5.41) is 0.212. The van der Waals surface area contributed by atoms with Crippen LogP contribution in [0, 0.1) is 0 Å². The number of nitrogens with zero attached hydrogens (tertiary/aromatic N) is 2. The van der Waals surface area contributed by atoms with E-state index in [0.29, 0.717) is 27.7 Å². The first kappa shape index (κ1) is 16.9. The van der Waals surface area contributed by atoms with Crippen molar-refractivity contribution >= 4 is 32.6 Å². The van der Waals surface area contributed by atoms with E-state index < -0.39 is 66.5 Å². The molecule has 0 bridgehead atoms. The van der Waals surface area contributed by atoms with Gasteiger partial charge in [-0.1, -0.05) is 151 Å². The van der Waals surface area contributed by atoms with Crippen LogP contribution in [0.1, 0.15) is 17.8 Å². The van der Waals surface area contributed by atoms with Crippen LogP contribution in [0.25, 0.3) is 83.0 Å². The summed E-state index contributed by atoms with van der Waals surface area (Å²) in [5.74, 6) is 0.198. The van der Waals surface area contributed by atoms with Crippen LogP contribution in [0.15, 0.2) is 182 Å². The Morgan fingerprint density at radius 2 is 0.936 bits per heavy atom. The molecule has 1 heterocycles. The Balaban J connectivity index is 1.41. The van der Waals surface area contributed by atoms with Crippen LogP contribution >= 0.6 is 0 Å². The first-order valence-electron chi connectivity index (χ1n) is 21.5. The molecule has 2 heteroatoms. The molecule has 1 aromatic heterocycles. The van der Waals surface area contributed by atoms with Crippen molar-refractivity contribution in [3.63, 3.8) is 0 Å². The summed E-state index contributed by atoms with van der Waals surface area (Å²) in [7, 11) is 0.